The molecular weight excluding hydrogens is 422 g/mol. The molecule has 0 aromatic heterocycles. The average Bonchev–Trinajstić information content (AvgIpc) is 2.80. The Morgan fingerprint density at radius 2 is 1.42 bits per heavy atom. The van der Waals surface area contributed by atoms with Gasteiger partial charge in [-0.15, -0.1) is 0 Å². The number of amides is 2. The van der Waals surface area contributed by atoms with Crippen molar-refractivity contribution in [2.45, 2.75) is 25.8 Å². The Morgan fingerprint density at radius 1 is 0.871 bits per heavy atom. The number of nitrogens with one attached hydrogen (secondary N) is 2. The molecule has 0 radical (unpaired) electrons. The third kappa shape index (κ3) is 8.38. The van der Waals surface area contributed by atoms with E-state index in [9.17, 15) is 19.2 Å². The maximum Gasteiger partial charge on any atom is 0.243 e. The third-order valence-electron chi connectivity index (χ3n) is 4.72. The largest absolute Gasteiger partial charge is 0.347 e. The van der Waals surface area contributed by atoms with Gasteiger partial charge in [0, 0.05) is 24.0 Å². The van der Waals surface area contributed by atoms with Crippen molar-refractivity contribution < 1.29 is 19.2 Å². The van der Waals surface area contributed by atoms with Gasteiger partial charge >= 0.3 is 0 Å². The minimum Gasteiger partial charge on any atom is -0.347 e. The highest BCUT2D eigenvalue weighted by atomic mass is 32.2. The summed E-state index contributed by atoms with van der Waals surface area (Å²) >= 11 is 0. The second kappa shape index (κ2) is 12.7. The minimum atomic E-state index is -0.738. The fourth-order valence-corrected chi connectivity index (χ4v) is 4.30. The highest BCUT2D eigenvalue weighted by Gasteiger charge is 2.25. The zero-order valence-electron chi connectivity index (χ0n) is 17.9. The standard InChI is InChI=1S/C24H28N2O4S/c1-3-23(29)26-20(24(30)25-16-21(27)18-10-6-4-7-11-18)14-15-31(2)17-22(28)19-12-8-5-9-13-19/h4-13,20H,3,14-17H2,1-2H3,(H-,25,26,29,30)/p+1/i5+1,8+1,9+1,12+1,13+1,16+1,17+1,19+1,21+1,22+1. The van der Waals surface area contributed by atoms with Gasteiger partial charge in [-0.3, -0.25) is 19.2 Å². The molecule has 2 aromatic carbocycles. The zero-order chi connectivity index (χ0) is 22.6. The second-order valence-corrected chi connectivity index (χ2v) is 9.45. The van der Waals surface area contributed by atoms with E-state index in [4.69, 9.17) is 0 Å². The van der Waals surface area contributed by atoms with Crippen LogP contribution in [-0.2, 0) is 20.5 Å². The SMILES string of the molecule is CCC(=O)NC(CC[S+](C)[13CH2][13C](=O)[13c]1[13cH][13cH][13cH][13cH][13cH]1)C(=O)N[13CH2][13C](=O)c1ccccc1. The minimum absolute atomic E-state index is 0.0680. The van der Waals surface area contributed by atoms with Crippen LogP contribution in [0.15, 0.2) is 60.7 Å². The third-order valence-corrected chi connectivity index (χ3v) is 6.41. The molecule has 2 N–H and O–H groups in total. The molecule has 2 rings (SSSR count). The van der Waals surface area contributed by atoms with Crippen molar-refractivity contribution in [3.8, 4) is 0 Å². The van der Waals surface area contributed by atoms with Crippen molar-refractivity contribution in [2.75, 3.05) is 24.3 Å². The summed E-state index contributed by atoms with van der Waals surface area (Å²) in [5, 5.41) is 5.36. The van der Waals surface area contributed by atoms with Crippen molar-refractivity contribution in [1.82, 2.24) is 10.6 Å². The molecular formula is C24H29N2O4S+. The first-order valence-corrected chi connectivity index (χ1v) is 12.2. The second-order valence-electron chi connectivity index (χ2n) is 7.19. The van der Waals surface area contributed by atoms with Crippen molar-refractivity contribution >= 4 is 34.3 Å². The van der Waals surface area contributed by atoms with E-state index in [-0.39, 0.29) is 41.3 Å². The predicted octanol–water partition coefficient (Wildman–Crippen LogP) is 2.40. The first-order chi connectivity index (χ1) is 14.9. The van der Waals surface area contributed by atoms with E-state index >= 15 is 0 Å². The van der Waals surface area contributed by atoms with E-state index in [2.05, 4.69) is 10.6 Å². The summed E-state index contributed by atoms with van der Waals surface area (Å²) in [5.41, 5.74) is 1.20. The van der Waals surface area contributed by atoms with Gasteiger partial charge in [0.15, 0.2) is 11.5 Å². The van der Waals surface area contributed by atoms with Crippen LogP contribution in [-0.4, -0.2) is 53.7 Å². The Labute approximate surface area is 186 Å². The summed E-state index contributed by atoms with van der Waals surface area (Å²) in [6.45, 7) is 1.58. The smallest absolute Gasteiger partial charge is 0.243 e. The Balaban J connectivity index is 1.89. The van der Waals surface area contributed by atoms with E-state index in [0.717, 1.165) is 0 Å². The van der Waals surface area contributed by atoms with Crippen LogP contribution in [0.25, 0.3) is 0 Å². The Hall–Kier alpha value is -2.93. The lowest BCUT2D eigenvalue weighted by Gasteiger charge is -2.17. The molecule has 164 valence electrons. The molecule has 0 saturated heterocycles. The Morgan fingerprint density at radius 3 is 1.97 bits per heavy atom. The maximum atomic E-state index is 12.6. The van der Waals surface area contributed by atoms with E-state index in [1.165, 1.54) is 0 Å². The summed E-state index contributed by atoms with van der Waals surface area (Å²) in [5.74, 6) is 0.264. The van der Waals surface area contributed by atoms with Crippen molar-refractivity contribution in [3.05, 3.63) is 71.8 Å². The van der Waals surface area contributed by atoms with Crippen LogP contribution in [0.1, 0.15) is 40.5 Å². The molecule has 0 saturated carbocycles. The molecule has 0 aliphatic carbocycles. The van der Waals surface area contributed by atoms with Gasteiger partial charge in [-0.2, -0.15) is 0 Å². The van der Waals surface area contributed by atoms with Crippen LogP contribution in [0.4, 0.5) is 0 Å². The van der Waals surface area contributed by atoms with Crippen molar-refractivity contribution in [2.24, 2.45) is 0 Å². The average molecular weight is 451 g/mol. The van der Waals surface area contributed by atoms with Gasteiger partial charge in [0.1, 0.15) is 11.8 Å². The Bertz CT molecular complexity index is 887. The summed E-state index contributed by atoms with van der Waals surface area (Å²) in [6, 6.07) is 17.1. The zero-order valence-corrected chi connectivity index (χ0v) is 18.7. The summed E-state index contributed by atoms with van der Waals surface area (Å²) in [4.78, 5) is 49.2. The predicted molar refractivity (Wildman–Crippen MR) is 124 cm³/mol. The molecule has 0 spiro atoms. The topological polar surface area (TPSA) is 92.3 Å². The van der Waals surface area contributed by atoms with E-state index in [0.29, 0.717) is 29.1 Å². The number of hydrogen-bond acceptors (Lipinski definition) is 4. The fraction of sp³-hybridized carbons (Fsp3) is 0.333. The first-order valence-electron chi connectivity index (χ1n) is 10.2. The van der Waals surface area contributed by atoms with Crippen LogP contribution in [0.5, 0.6) is 0 Å². The number of ketones is 2. The number of carbonyl (C=O) groups is 4. The van der Waals surface area contributed by atoms with E-state index < -0.39 is 11.9 Å². The van der Waals surface area contributed by atoms with Crippen LogP contribution >= 0.6 is 0 Å². The molecule has 2 atom stereocenters. The number of rotatable bonds is 12. The maximum absolute atomic E-state index is 12.6. The molecule has 0 aliphatic heterocycles. The summed E-state index contributed by atoms with van der Waals surface area (Å²) < 4.78 is 0. The number of Topliss-reactive ketones (excluding diaryl/α,β-unsaturated/α-hetero) is 2. The molecule has 2 amide bonds. The van der Waals surface area contributed by atoms with Gasteiger partial charge in [-0.05, 0) is 10.9 Å². The molecule has 2 aromatic rings. The number of carbonyl (C=O) groups excluding carboxylic acids is 4. The lowest BCUT2D eigenvalue weighted by molar-refractivity contribution is -0.128. The van der Waals surface area contributed by atoms with Gasteiger partial charge in [-0.25, -0.2) is 0 Å². The van der Waals surface area contributed by atoms with Gasteiger partial charge in [0.05, 0.1) is 12.8 Å². The van der Waals surface area contributed by atoms with Crippen molar-refractivity contribution in [1.29, 1.82) is 0 Å². The number of benzene rings is 2. The van der Waals surface area contributed by atoms with Crippen LogP contribution in [0, 0.1) is 0 Å². The molecule has 31 heavy (non-hydrogen) atoms. The van der Waals surface area contributed by atoms with Crippen LogP contribution < -0.4 is 10.6 Å². The van der Waals surface area contributed by atoms with Gasteiger partial charge in [0.25, 0.3) is 0 Å². The van der Waals surface area contributed by atoms with Gasteiger partial charge in [0.2, 0.25) is 17.6 Å². The van der Waals surface area contributed by atoms with Crippen LogP contribution in [0.2, 0.25) is 0 Å². The lowest BCUT2D eigenvalue weighted by atomic mass is 10.2. The molecule has 0 fully saturated rings. The number of hydrogen-bond donors (Lipinski definition) is 2. The molecule has 0 aliphatic rings. The lowest BCUT2D eigenvalue weighted by Crippen LogP contribution is -2.48. The molecule has 0 heterocycles. The highest BCUT2D eigenvalue weighted by Crippen LogP contribution is 2.07. The molecule has 6 nitrogen and oxygen atoms in total. The monoisotopic (exact) mass is 451 g/mol. The van der Waals surface area contributed by atoms with Gasteiger partial charge < -0.3 is 10.6 Å². The summed E-state index contributed by atoms with van der Waals surface area (Å²) in [6.07, 6.45) is 2.65. The van der Waals surface area contributed by atoms with E-state index in [1.54, 1.807) is 43.3 Å². The highest BCUT2D eigenvalue weighted by molar-refractivity contribution is 7.96. The van der Waals surface area contributed by atoms with E-state index in [1.807, 2.05) is 30.5 Å². The molecule has 0 bridgehead atoms. The molecule has 2 unspecified atom stereocenters. The molecule has 7 heteroatoms. The van der Waals surface area contributed by atoms with Crippen molar-refractivity contribution in [3.63, 3.8) is 0 Å². The normalized spacial score (nSPS) is 12.5. The fourth-order valence-electron chi connectivity index (χ4n) is 2.90. The quantitative estimate of drug-likeness (QED) is 0.295. The first kappa shape index (κ1) is 24.3. The Kier molecular flexibility index (Phi) is 9.97. The van der Waals surface area contributed by atoms with Gasteiger partial charge in [-0.1, -0.05) is 67.6 Å². The summed E-state index contributed by atoms with van der Waals surface area (Å²) in [7, 11) is -0.245. The van der Waals surface area contributed by atoms with Crippen LogP contribution in [0.3, 0.4) is 0 Å².